The summed E-state index contributed by atoms with van der Waals surface area (Å²) < 4.78 is 0. The van der Waals surface area contributed by atoms with Gasteiger partial charge in [-0.1, -0.05) is 24.3 Å². The van der Waals surface area contributed by atoms with Crippen LogP contribution in [0.2, 0.25) is 0 Å². The predicted molar refractivity (Wildman–Crippen MR) is 83.2 cm³/mol. The highest BCUT2D eigenvalue weighted by Gasteiger charge is 2.27. The molecular formula is C16H23N3O3. The Labute approximate surface area is 130 Å². The first-order valence-electron chi connectivity index (χ1n) is 7.65. The number of amides is 1. The summed E-state index contributed by atoms with van der Waals surface area (Å²) in [6.07, 6.45) is 2.43. The number of nitrogens with two attached hydrogens (primary N) is 1. The van der Waals surface area contributed by atoms with Gasteiger partial charge in [0.05, 0.1) is 6.04 Å². The number of hydrogen-bond acceptors (Lipinski definition) is 4. The molecule has 5 N–H and O–H groups in total. The number of carboxylic acids is 1. The van der Waals surface area contributed by atoms with Crippen LogP contribution in [0.25, 0.3) is 0 Å². The second-order valence-corrected chi connectivity index (χ2v) is 5.59. The van der Waals surface area contributed by atoms with E-state index in [4.69, 9.17) is 5.73 Å². The average Bonchev–Trinajstić information content (AvgIpc) is 2.53. The Morgan fingerprint density at radius 2 is 2.05 bits per heavy atom. The zero-order chi connectivity index (χ0) is 15.9. The van der Waals surface area contributed by atoms with Crippen LogP contribution in [0.15, 0.2) is 24.3 Å². The molecule has 0 saturated heterocycles. The molecule has 0 fully saturated rings. The van der Waals surface area contributed by atoms with Gasteiger partial charge >= 0.3 is 5.97 Å². The second-order valence-electron chi connectivity index (χ2n) is 5.59. The molecule has 1 aliphatic heterocycles. The molecule has 0 spiro atoms. The quantitative estimate of drug-likeness (QED) is 0.546. The van der Waals surface area contributed by atoms with Gasteiger partial charge in [-0.2, -0.15) is 0 Å². The fourth-order valence-electron chi connectivity index (χ4n) is 2.66. The highest BCUT2D eigenvalue weighted by molar-refractivity contribution is 5.87. The molecule has 0 aliphatic carbocycles. The zero-order valence-electron chi connectivity index (χ0n) is 12.5. The van der Waals surface area contributed by atoms with Crippen molar-refractivity contribution in [2.24, 2.45) is 5.73 Å². The summed E-state index contributed by atoms with van der Waals surface area (Å²) in [5.74, 6) is -1.25. The molecule has 6 heteroatoms. The molecule has 6 nitrogen and oxygen atoms in total. The zero-order valence-corrected chi connectivity index (χ0v) is 12.5. The molecule has 0 saturated carbocycles. The van der Waals surface area contributed by atoms with Crippen LogP contribution in [-0.2, 0) is 22.6 Å². The third kappa shape index (κ3) is 4.29. The lowest BCUT2D eigenvalue weighted by molar-refractivity contribution is -0.142. The summed E-state index contributed by atoms with van der Waals surface area (Å²) in [6.45, 7) is 1.15. The lowest BCUT2D eigenvalue weighted by atomic mass is 9.95. The fraction of sp³-hybridized carbons (Fsp3) is 0.500. The van der Waals surface area contributed by atoms with Gasteiger partial charge in [-0.15, -0.1) is 0 Å². The van der Waals surface area contributed by atoms with Crippen molar-refractivity contribution < 1.29 is 14.7 Å². The molecular weight excluding hydrogens is 282 g/mol. The van der Waals surface area contributed by atoms with E-state index in [1.165, 1.54) is 5.56 Å². The third-order valence-corrected chi connectivity index (χ3v) is 3.96. The number of rotatable bonds is 7. The van der Waals surface area contributed by atoms with Gasteiger partial charge in [-0.25, -0.2) is 4.79 Å². The number of carboxylic acid groups (broad SMARTS) is 1. The molecule has 1 amide bonds. The van der Waals surface area contributed by atoms with E-state index >= 15 is 0 Å². The van der Waals surface area contributed by atoms with E-state index < -0.39 is 12.0 Å². The summed E-state index contributed by atoms with van der Waals surface area (Å²) in [7, 11) is 0. The van der Waals surface area contributed by atoms with Gasteiger partial charge in [0.2, 0.25) is 5.91 Å². The molecule has 0 unspecified atom stereocenters. The first kappa shape index (κ1) is 16.5. The van der Waals surface area contributed by atoms with Crippen molar-refractivity contribution in [3.05, 3.63) is 35.4 Å². The van der Waals surface area contributed by atoms with Gasteiger partial charge in [-0.05, 0) is 43.4 Å². The van der Waals surface area contributed by atoms with Crippen LogP contribution < -0.4 is 16.4 Å². The number of hydrogen-bond donors (Lipinski definition) is 4. The maximum absolute atomic E-state index is 12.3. The summed E-state index contributed by atoms with van der Waals surface area (Å²) in [4.78, 5) is 23.5. The van der Waals surface area contributed by atoms with E-state index in [0.717, 1.165) is 12.0 Å². The van der Waals surface area contributed by atoms with Crippen molar-refractivity contribution >= 4 is 11.9 Å². The van der Waals surface area contributed by atoms with Crippen molar-refractivity contribution in [1.82, 2.24) is 10.6 Å². The molecule has 1 aromatic rings. The topological polar surface area (TPSA) is 104 Å². The van der Waals surface area contributed by atoms with Crippen molar-refractivity contribution in [1.29, 1.82) is 0 Å². The Hall–Kier alpha value is -1.92. The maximum atomic E-state index is 12.3. The Balaban J connectivity index is 1.92. The van der Waals surface area contributed by atoms with Gasteiger partial charge in [0.15, 0.2) is 0 Å². The van der Waals surface area contributed by atoms with E-state index in [9.17, 15) is 14.7 Å². The lowest BCUT2D eigenvalue weighted by Gasteiger charge is -2.26. The molecule has 120 valence electrons. The molecule has 2 atom stereocenters. The number of carbonyl (C=O) groups is 2. The maximum Gasteiger partial charge on any atom is 0.326 e. The molecule has 22 heavy (non-hydrogen) atoms. The van der Waals surface area contributed by atoms with Crippen LogP contribution in [0.4, 0.5) is 0 Å². The van der Waals surface area contributed by atoms with Crippen LogP contribution in [0.1, 0.15) is 30.4 Å². The molecule has 2 rings (SSSR count). The first-order chi connectivity index (χ1) is 10.6. The van der Waals surface area contributed by atoms with Crippen molar-refractivity contribution in [2.75, 3.05) is 6.54 Å². The molecule has 1 aliphatic rings. The minimum Gasteiger partial charge on any atom is -0.480 e. The van der Waals surface area contributed by atoms with Gasteiger partial charge < -0.3 is 21.5 Å². The van der Waals surface area contributed by atoms with E-state index in [-0.39, 0.29) is 11.9 Å². The Morgan fingerprint density at radius 3 is 2.73 bits per heavy atom. The second kappa shape index (κ2) is 7.91. The van der Waals surface area contributed by atoms with Crippen LogP contribution in [0.5, 0.6) is 0 Å². The van der Waals surface area contributed by atoms with Crippen LogP contribution in [-0.4, -0.2) is 35.6 Å². The number of fused-ring (bicyclic) bond motifs is 1. The third-order valence-electron chi connectivity index (χ3n) is 3.96. The molecule has 0 radical (unpaired) electrons. The molecule has 1 heterocycles. The highest BCUT2D eigenvalue weighted by Crippen LogP contribution is 2.16. The van der Waals surface area contributed by atoms with Gasteiger partial charge in [0.25, 0.3) is 0 Å². The molecule has 0 bridgehead atoms. The Kier molecular flexibility index (Phi) is 5.91. The Bertz CT molecular complexity index is 533. The van der Waals surface area contributed by atoms with Gasteiger partial charge in [0, 0.05) is 6.54 Å². The van der Waals surface area contributed by atoms with Crippen LogP contribution in [0.3, 0.4) is 0 Å². The van der Waals surface area contributed by atoms with Crippen LogP contribution >= 0.6 is 0 Å². The largest absolute Gasteiger partial charge is 0.480 e. The van der Waals surface area contributed by atoms with E-state index in [2.05, 4.69) is 10.6 Å². The number of unbranched alkanes of at least 4 members (excludes halogenated alkanes) is 1. The number of aliphatic carboxylic acids is 1. The number of benzene rings is 1. The predicted octanol–water partition coefficient (Wildman–Crippen LogP) is 0.399. The molecule has 0 aromatic heterocycles. The van der Waals surface area contributed by atoms with E-state index in [0.29, 0.717) is 32.4 Å². The Morgan fingerprint density at radius 1 is 1.32 bits per heavy atom. The SMILES string of the molecule is NCCCC[C@H](NC(=O)[C@@H]1Cc2ccccc2CN1)C(=O)O. The fourth-order valence-corrected chi connectivity index (χ4v) is 2.66. The first-order valence-corrected chi connectivity index (χ1v) is 7.65. The van der Waals surface area contributed by atoms with Crippen molar-refractivity contribution in [3.8, 4) is 0 Å². The highest BCUT2D eigenvalue weighted by atomic mass is 16.4. The summed E-state index contributed by atoms with van der Waals surface area (Å²) in [5, 5.41) is 15.0. The van der Waals surface area contributed by atoms with Gasteiger partial charge in [0.1, 0.15) is 6.04 Å². The summed E-state index contributed by atoms with van der Waals surface area (Å²) in [5.41, 5.74) is 7.73. The van der Waals surface area contributed by atoms with E-state index in [1.54, 1.807) is 0 Å². The van der Waals surface area contributed by atoms with Crippen molar-refractivity contribution in [3.63, 3.8) is 0 Å². The van der Waals surface area contributed by atoms with E-state index in [1.807, 2.05) is 24.3 Å². The smallest absolute Gasteiger partial charge is 0.326 e. The lowest BCUT2D eigenvalue weighted by Crippen LogP contribution is -2.52. The van der Waals surface area contributed by atoms with Gasteiger partial charge in [-0.3, -0.25) is 4.79 Å². The minimum atomic E-state index is -0.999. The molecule has 1 aromatic carbocycles. The summed E-state index contributed by atoms with van der Waals surface area (Å²) in [6, 6.07) is 6.73. The number of nitrogens with one attached hydrogen (secondary N) is 2. The normalized spacial score (nSPS) is 18.3. The number of carbonyl (C=O) groups excluding carboxylic acids is 1. The average molecular weight is 305 g/mol. The van der Waals surface area contributed by atoms with Crippen LogP contribution in [0, 0.1) is 0 Å². The minimum absolute atomic E-state index is 0.255. The monoisotopic (exact) mass is 305 g/mol. The summed E-state index contributed by atoms with van der Waals surface area (Å²) >= 11 is 0. The standard InChI is InChI=1S/C16H23N3O3/c17-8-4-3-7-13(16(21)22)19-15(20)14-9-11-5-1-2-6-12(11)10-18-14/h1-2,5-6,13-14,18H,3-4,7-10,17H2,(H,19,20)(H,21,22)/t13-,14-/m0/s1. The van der Waals surface area contributed by atoms with Crippen molar-refractivity contribution in [2.45, 2.75) is 44.3 Å².